The fraction of sp³-hybridized carbons (Fsp3) is 0.400. The van der Waals surface area contributed by atoms with Crippen molar-refractivity contribution in [3.63, 3.8) is 0 Å². The fourth-order valence-electron chi connectivity index (χ4n) is 2.59. The second kappa shape index (κ2) is 6.25. The largest absolute Gasteiger partial charge is 0.293 e. The number of fused-ring (bicyclic) bond motifs is 1. The van der Waals surface area contributed by atoms with Gasteiger partial charge in [0.15, 0.2) is 0 Å². The number of nitrogens with one attached hydrogen (secondary N) is 1. The van der Waals surface area contributed by atoms with Crippen molar-refractivity contribution in [1.82, 2.24) is 24.6 Å². The maximum absolute atomic E-state index is 12.3. The minimum atomic E-state index is -0.351. The van der Waals surface area contributed by atoms with Crippen molar-refractivity contribution < 1.29 is 4.79 Å². The number of amides is 1. The molecule has 3 rings (SSSR count). The van der Waals surface area contributed by atoms with Gasteiger partial charge in [-0.3, -0.25) is 19.8 Å². The van der Waals surface area contributed by atoms with Crippen LogP contribution < -0.4 is 10.9 Å². The summed E-state index contributed by atoms with van der Waals surface area (Å²) >= 11 is 0. The van der Waals surface area contributed by atoms with Crippen molar-refractivity contribution in [3.05, 3.63) is 46.1 Å². The molecule has 0 fully saturated rings. The van der Waals surface area contributed by atoms with E-state index in [1.54, 1.807) is 31.6 Å². The quantitative estimate of drug-likeness (QED) is 0.854. The molecule has 0 aromatic carbocycles. The van der Waals surface area contributed by atoms with Gasteiger partial charge in [-0.25, -0.2) is 14.6 Å². The van der Waals surface area contributed by atoms with Gasteiger partial charge in [-0.2, -0.15) is 5.10 Å². The summed E-state index contributed by atoms with van der Waals surface area (Å²) in [5.41, 5.74) is 1.66. The predicted molar refractivity (Wildman–Crippen MR) is 83.7 cm³/mol. The van der Waals surface area contributed by atoms with Crippen LogP contribution in [-0.4, -0.2) is 43.1 Å². The molecule has 8 nitrogen and oxygen atoms in total. The zero-order chi connectivity index (χ0) is 16.4. The summed E-state index contributed by atoms with van der Waals surface area (Å²) in [5.74, 6) is 0.119. The number of anilines is 1. The highest BCUT2D eigenvalue weighted by molar-refractivity contribution is 5.93. The second-order valence-electron chi connectivity index (χ2n) is 5.54. The third-order valence-electron chi connectivity index (χ3n) is 4.00. The van der Waals surface area contributed by atoms with E-state index in [0.717, 1.165) is 11.3 Å². The van der Waals surface area contributed by atoms with Crippen LogP contribution in [-0.2, 0) is 24.8 Å². The Labute approximate surface area is 133 Å². The molecular weight excluding hydrogens is 296 g/mol. The average Bonchev–Trinajstić information content (AvgIpc) is 2.55. The second-order valence-corrected chi connectivity index (χ2v) is 5.54. The highest BCUT2D eigenvalue weighted by Crippen LogP contribution is 2.17. The van der Waals surface area contributed by atoms with Crippen LogP contribution in [0.15, 0.2) is 29.3 Å². The summed E-state index contributed by atoms with van der Waals surface area (Å²) < 4.78 is 1.34. The number of nitrogens with zero attached hydrogens (tertiary/aromatic N) is 5. The van der Waals surface area contributed by atoms with Crippen molar-refractivity contribution in [1.29, 1.82) is 0 Å². The molecule has 1 amide bonds. The van der Waals surface area contributed by atoms with E-state index in [9.17, 15) is 9.59 Å². The fourth-order valence-corrected chi connectivity index (χ4v) is 2.59. The predicted octanol–water partition coefficient (Wildman–Crippen LogP) is -0.0444. The summed E-state index contributed by atoms with van der Waals surface area (Å²) in [6, 6.07) is 2.93. The molecule has 2 aromatic rings. The number of aromatic nitrogens is 4. The first-order valence-corrected chi connectivity index (χ1v) is 7.42. The first-order valence-electron chi connectivity index (χ1n) is 7.42. The standard InChI is InChI=1S/C15H18N6O2/c1-10(14(23)18-15-16-5-3-6-17-15)21-7-4-12-11(9-21)8-13(22)20(2)19-12/h3,5-6,8,10H,4,7,9H2,1-2H3,(H,16,17,18,23)/t10-/m1/s1. The van der Waals surface area contributed by atoms with Crippen LogP contribution in [0, 0.1) is 0 Å². The van der Waals surface area contributed by atoms with Gasteiger partial charge in [-0.05, 0) is 18.6 Å². The molecule has 0 spiro atoms. The SMILES string of the molecule is C[C@H](C(=O)Nc1ncccn1)N1CCc2nn(C)c(=O)cc2C1. The number of carbonyl (C=O) groups excluding carboxylic acids is 1. The van der Waals surface area contributed by atoms with Gasteiger partial charge in [-0.15, -0.1) is 0 Å². The summed E-state index contributed by atoms with van der Waals surface area (Å²) in [5, 5.41) is 6.98. The molecule has 1 aliphatic heterocycles. The van der Waals surface area contributed by atoms with Gasteiger partial charge in [0.2, 0.25) is 11.9 Å². The maximum Gasteiger partial charge on any atom is 0.266 e. The molecule has 0 saturated carbocycles. The number of hydrogen-bond acceptors (Lipinski definition) is 6. The van der Waals surface area contributed by atoms with Gasteiger partial charge >= 0.3 is 0 Å². The van der Waals surface area contributed by atoms with Crippen LogP contribution in [0.3, 0.4) is 0 Å². The van der Waals surface area contributed by atoms with Crippen molar-refractivity contribution in [3.8, 4) is 0 Å². The Morgan fingerprint density at radius 3 is 2.83 bits per heavy atom. The molecule has 1 atom stereocenters. The first-order chi connectivity index (χ1) is 11.0. The monoisotopic (exact) mass is 314 g/mol. The van der Waals surface area contributed by atoms with E-state index in [0.29, 0.717) is 19.5 Å². The number of hydrogen-bond donors (Lipinski definition) is 1. The minimum absolute atomic E-state index is 0.139. The molecule has 2 aromatic heterocycles. The van der Waals surface area contributed by atoms with E-state index in [1.165, 1.54) is 4.68 Å². The average molecular weight is 314 g/mol. The Morgan fingerprint density at radius 1 is 1.35 bits per heavy atom. The van der Waals surface area contributed by atoms with Gasteiger partial charge < -0.3 is 0 Å². The van der Waals surface area contributed by atoms with Gasteiger partial charge in [0.1, 0.15) is 0 Å². The van der Waals surface area contributed by atoms with Gasteiger partial charge in [0, 0.05) is 45.0 Å². The van der Waals surface area contributed by atoms with Gasteiger partial charge in [0.05, 0.1) is 11.7 Å². The Kier molecular flexibility index (Phi) is 4.16. The molecular formula is C15H18N6O2. The van der Waals surface area contributed by atoms with Crippen LogP contribution in [0.1, 0.15) is 18.2 Å². The van der Waals surface area contributed by atoms with Gasteiger partial charge in [-0.1, -0.05) is 0 Å². The smallest absolute Gasteiger partial charge is 0.266 e. The molecule has 0 saturated heterocycles. The van der Waals surface area contributed by atoms with Crippen molar-refractivity contribution >= 4 is 11.9 Å². The highest BCUT2D eigenvalue weighted by Gasteiger charge is 2.26. The summed E-state index contributed by atoms with van der Waals surface area (Å²) in [6.07, 6.45) is 3.86. The molecule has 3 heterocycles. The topological polar surface area (TPSA) is 93.0 Å². The van der Waals surface area contributed by atoms with E-state index in [4.69, 9.17) is 0 Å². The van der Waals surface area contributed by atoms with Crippen molar-refractivity contribution in [2.75, 3.05) is 11.9 Å². The molecule has 120 valence electrons. The van der Waals surface area contributed by atoms with Crippen LogP contribution in [0.5, 0.6) is 0 Å². The lowest BCUT2D eigenvalue weighted by Crippen LogP contribution is -2.45. The molecule has 1 N–H and O–H groups in total. The van der Waals surface area contributed by atoms with Crippen LogP contribution in [0.2, 0.25) is 0 Å². The Balaban J connectivity index is 1.71. The van der Waals surface area contributed by atoms with E-state index in [-0.39, 0.29) is 23.5 Å². The van der Waals surface area contributed by atoms with E-state index in [2.05, 4.69) is 20.4 Å². The number of rotatable bonds is 3. The number of aryl methyl sites for hydroxylation is 1. The number of carbonyl (C=O) groups is 1. The third kappa shape index (κ3) is 3.26. The van der Waals surface area contributed by atoms with E-state index in [1.807, 2.05) is 11.8 Å². The van der Waals surface area contributed by atoms with Crippen molar-refractivity contribution in [2.45, 2.75) is 25.9 Å². The van der Waals surface area contributed by atoms with Crippen molar-refractivity contribution in [2.24, 2.45) is 7.05 Å². The molecule has 0 bridgehead atoms. The minimum Gasteiger partial charge on any atom is -0.293 e. The molecule has 0 aliphatic carbocycles. The van der Waals surface area contributed by atoms with E-state index < -0.39 is 0 Å². The normalized spacial score (nSPS) is 15.7. The lowest BCUT2D eigenvalue weighted by atomic mass is 10.0. The Bertz CT molecular complexity index is 773. The molecule has 8 heteroatoms. The molecule has 0 unspecified atom stereocenters. The zero-order valence-electron chi connectivity index (χ0n) is 13.1. The summed E-state index contributed by atoms with van der Waals surface area (Å²) in [7, 11) is 1.64. The molecule has 0 radical (unpaired) electrons. The van der Waals surface area contributed by atoms with Crippen LogP contribution in [0.4, 0.5) is 5.95 Å². The lowest BCUT2D eigenvalue weighted by Gasteiger charge is -2.32. The molecule has 23 heavy (non-hydrogen) atoms. The summed E-state index contributed by atoms with van der Waals surface area (Å²) in [4.78, 5) is 34.1. The lowest BCUT2D eigenvalue weighted by molar-refractivity contribution is -0.121. The van der Waals surface area contributed by atoms with Crippen LogP contribution in [0.25, 0.3) is 0 Å². The van der Waals surface area contributed by atoms with Crippen LogP contribution >= 0.6 is 0 Å². The van der Waals surface area contributed by atoms with Gasteiger partial charge in [0.25, 0.3) is 5.56 Å². The maximum atomic E-state index is 12.3. The highest BCUT2D eigenvalue weighted by atomic mass is 16.2. The summed E-state index contributed by atoms with van der Waals surface area (Å²) in [6.45, 7) is 3.07. The first kappa shape index (κ1) is 15.3. The Hall–Kier alpha value is -2.61. The van der Waals surface area contributed by atoms with E-state index >= 15 is 0 Å². The third-order valence-corrected chi connectivity index (χ3v) is 4.00. The zero-order valence-corrected chi connectivity index (χ0v) is 13.1. The Morgan fingerprint density at radius 2 is 2.09 bits per heavy atom. The molecule has 1 aliphatic rings.